The van der Waals surface area contributed by atoms with Crippen molar-refractivity contribution < 1.29 is 18.0 Å². The number of hydrogen-bond donors (Lipinski definition) is 3. The van der Waals surface area contributed by atoms with E-state index in [0.717, 1.165) is 12.1 Å². The molecule has 1 rings (SSSR count). The second kappa shape index (κ2) is 6.06. The molecule has 0 amide bonds. The first-order valence-electron chi connectivity index (χ1n) is 5.53. The quantitative estimate of drug-likeness (QED) is 0.318. The van der Waals surface area contributed by atoms with Gasteiger partial charge in [-0.05, 0) is 18.2 Å². The van der Waals surface area contributed by atoms with Gasteiger partial charge in [-0.2, -0.15) is 0 Å². The van der Waals surface area contributed by atoms with E-state index < -0.39 is 26.2 Å². The Hall–Kier alpha value is -1.19. The molecule has 9 heteroatoms. The number of halogens is 2. The van der Waals surface area contributed by atoms with Crippen LogP contribution in [0.15, 0.2) is 32.7 Å². The fourth-order valence-electron chi connectivity index (χ4n) is 1.27. The van der Waals surface area contributed by atoms with Crippen LogP contribution in [0.5, 0.6) is 0 Å². The maximum atomic E-state index is 13.7. The number of benzene rings is 1. The van der Waals surface area contributed by atoms with Crippen molar-refractivity contribution in [3.8, 4) is 0 Å². The molecule has 0 aliphatic heterocycles. The van der Waals surface area contributed by atoms with Crippen molar-refractivity contribution in [3.63, 3.8) is 0 Å². The molecule has 0 radical (unpaired) electrons. The van der Waals surface area contributed by atoms with E-state index in [1.54, 1.807) is 13.8 Å². The van der Waals surface area contributed by atoms with Crippen molar-refractivity contribution in [1.82, 2.24) is 4.72 Å². The van der Waals surface area contributed by atoms with E-state index in [0.29, 0.717) is 4.47 Å². The molecule has 0 spiro atoms. The number of nitrogens with zero attached hydrogens (tertiary/aromatic N) is 1. The van der Waals surface area contributed by atoms with Crippen molar-refractivity contribution in [3.05, 3.63) is 28.5 Å². The number of amidine groups is 1. The third kappa shape index (κ3) is 3.90. The van der Waals surface area contributed by atoms with Crippen molar-refractivity contribution in [1.29, 1.82) is 0 Å². The van der Waals surface area contributed by atoms with Gasteiger partial charge in [0.05, 0.1) is 0 Å². The van der Waals surface area contributed by atoms with Gasteiger partial charge >= 0.3 is 0 Å². The molecule has 0 atom stereocenters. The predicted molar refractivity (Wildman–Crippen MR) is 76.5 cm³/mol. The minimum absolute atomic E-state index is 0.128. The van der Waals surface area contributed by atoms with Crippen LogP contribution in [-0.4, -0.2) is 26.0 Å². The largest absolute Gasteiger partial charge is 0.409 e. The molecule has 112 valence electrons. The van der Waals surface area contributed by atoms with Gasteiger partial charge in [0.15, 0.2) is 0 Å². The fourth-order valence-corrected chi connectivity index (χ4v) is 2.87. The van der Waals surface area contributed by atoms with Gasteiger partial charge in [0.2, 0.25) is 10.0 Å². The van der Waals surface area contributed by atoms with Crippen LogP contribution in [0.25, 0.3) is 0 Å². The Kier molecular flexibility index (Phi) is 5.11. The molecule has 0 aliphatic rings. The Morgan fingerprint density at radius 1 is 1.55 bits per heavy atom. The molecule has 4 N–H and O–H groups in total. The SMILES string of the molecule is CC(C)(CNS(=O)(=O)c1ccc(Br)cc1F)/C(N)=N/O. The summed E-state index contributed by atoms with van der Waals surface area (Å²) >= 11 is 3.05. The van der Waals surface area contributed by atoms with E-state index in [1.807, 2.05) is 0 Å². The highest BCUT2D eigenvalue weighted by atomic mass is 79.9. The van der Waals surface area contributed by atoms with Gasteiger partial charge in [-0.25, -0.2) is 17.5 Å². The first-order chi connectivity index (χ1) is 9.10. The highest BCUT2D eigenvalue weighted by Crippen LogP contribution is 2.20. The van der Waals surface area contributed by atoms with Crippen LogP contribution < -0.4 is 10.5 Å². The molecule has 1 aromatic carbocycles. The standard InChI is InChI=1S/C11H15BrFN3O3S/c1-11(2,10(14)16-17)6-15-20(18,19)9-4-3-7(12)5-8(9)13/h3-5,15,17H,6H2,1-2H3,(H2,14,16). The summed E-state index contributed by atoms with van der Waals surface area (Å²) in [5.41, 5.74) is 4.54. The molecular weight excluding hydrogens is 353 g/mol. The Labute approximate surface area is 125 Å². The highest BCUT2D eigenvalue weighted by Gasteiger charge is 2.27. The Morgan fingerprint density at radius 2 is 2.15 bits per heavy atom. The fraction of sp³-hybridized carbons (Fsp3) is 0.364. The summed E-state index contributed by atoms with van der Waals surface area (Å²) in [6, 6.07) is 3.63. The van der Waals surface area contributed by atoms with Gasteiger partial charge in [-0.3, -0.25) is 0 Å². The molecule has 0 aromatic heterocycles. The zero-order valence-corrected chi connectivity index (χ0v) is 13.3. The van der Waals surface area contributed by atoms with E-state index >= 15 is 0 Å². The summed E-state index contributed by atoms with van der Waals surface area (Å²) in [5, 5.41) is 11.5. The van der Waals surface area contributed by atoms with Gasteiger partial charge in [-0.1, -0.05) is 34.9 Å². The Morgan fingerprint density at radius 3 is 2.65 bits per heavy atom. The van der Waals surface area contributed by atoms with Crippen molar-refractivity contribution >= 4 is 31.8 Å². The van der Waals surface area contributed by atoms with Crippen LogP contribution in [0.4, 0.5) is 4.39 Å². The van der Waals surface area contributed by atoms with E-state index in [2.05, 4.69) is 25.8 Å². The molecule has 20 heavy (non-hydrogen) atoms. The summed E-state index contributed by atoms with van der Waals surface area (Å²) in [6.07, 6.45) is 0. The normalized spacial score (nSPS) is 13.5. The molecule has 6 nitrogen and oxygen atoms in total. The number of nitrogens with one attached hydrogen (secondary N) is 1. The zero-order chi connectivity index (χ0) is 15.6. The second-order valence-electron chi connectivity index (χ2n) is 4.77. The summed E-state index contributed by atoms with van der Waals surface area (Å²) in [6.45, 7) is 3.03. The highest BCUT2D eigenvalue weighted by molar-refractivity contribution is 9.10. The summed E-state index contributed by atoms with van der Waals surface area (Å²) in [5.74, 6) is -0.995. The van der Waals surface area contributed by atoms with Crippen LogP contribution >= 0.6 is 15.9 Å². The number of hydrogen-bond acceptors (Lipinski definition) is 4. The van der Waals surface area contributed by atoms with E-state index in [4.69, 9.17) is 10.9 Å². The van der Waals surface area contributed by atoms with Crippen LogP contribution in [0, 0.1) is 11.2 Å². The van der Waals surface area contributed by atoms with E-state index in [-0.39, 0.29) is 12.4 Å². The molecule has 0 bridgehead atoms. The molecule has 1 aromatic rings. The molecule has 0 heterocycles. The second-order valence-corrected chi connectivity index (χ2v) is 7.42. The molecule has 0 saturated carbocycles. The predicted octanol–water partition coefficient (Wildman–Crippen LogP) is 1.64. The number of nitrogens with two attached hydrogens (primary N) is 1. The smallest absolute Gasteiger partial charge is 0.243 e. The van der Waals surface area contributed by atoms with E-state index in [9.17, 15) is 12.8 Å². The van der Waals surface area contributed by atoms with Crippen LogP contribution in [0.1, 0.15) is 13.8 Å². The van der Waals surface area contributed by atoms with Gasteiger partial charge in [-0.15, -0.1) is 0 Å². The summed E-state index contributed by atoms with van der Waals surface area (Å²) < 4.78 is 40.3. The summed E-state index contributed by atoms with van der Waals surface area (Å²) in [7, 11) is -4.02. The molecular formula is C11H15BrFN3O3S. The maximum Gasteiger partial charge on any atom is 0.243 e. The van der Waals surface area contributed by atoms with Crippen molar-refractivity contribution in [2.24, 2.45) is 16.3 Å². The minimum Gasteiger partial charge on any atom is -0.409 e. The van der Waals surface area contributed by atoms with Crippen LogP contribution in [0.3, 0.4) is 0 Å². The average Bonchev–Trinajstić information content (AvgIpc) is 2.35. The van der Waals surface area contributed by atoms with Gasteiger partial charge in [0, 0.05) is 16.4 Å². The minimum atomic E-state index is -4.02. The lowest BCUT2D eigenvalue weighted by molar-refractivity contribution is 0.307. The first-order valence-corrected chi connectivity index (χ1v) is 7.80. The number of rotatable bonds is 5. The first kappa shape index (κ1) is 16.9. The molecule has 0 unspecified atom stereocenters. The lowest BCUT2D eigenvalue weighted by atomic mass is 9.93. The molecule has 0 fully saturated rings. The summed E-state index contributed by atoms with van der Waals surface area (Å²) in [4.78, 5) is -0.462. The topological polar surface area (TPSA) is 105 Å². The Bertz CT molecular complexity index is 632. The average molecular weight is 368 g/mol. The maximum absolute atomic E-state index is 13.7. The monoisotopic (exact) mass is 367 g/mol. The van der Waals surface area contributed by atoms with Gasteiger partial charge < -0.3 is 10.9 Å². The third-order valence-corrected chi connectivity index (χ3v) is 4.62. The number of oxime groups is 1. The van der Waals surface area contributed by atoms with Gasteiger partial charge in [0.25, 0.3) is 0 Å². The van der Waals surface area contributed by atoms with Crippen molar-refractivity contribution in [2.75, 3.05) is 6.54 Å². The third-order valence-electron chi connectivity index (χ3n) is 2.69. The Balaban J connectivity index is 2.97. The molecule has 0 aliphatic carbocycles. The lowest BCUT2D eigenvalue weighted by Gasteiger charge is -2.23. The zero-order valence-electron chi connectivity index (χ0n) is 10.9. The lowest BCUT2D eigenvalue weighted by Crippen LogP contribution is -2.42. The van der Waals surface area contributed by atoms with Crippen LogP contribution in [0.2, 0.25) is 0 Å². The van der Waals surface area contributed by atoms with Crippen molar-refractivity contribution in [2.45, 2.75) is 18.7 Å². The molecule has 0 saturated heterocycles. The van der Waals surface area contributed by atoms with Gasteiger partial charge in [0.1, 0.15) is 16.5 Å². The van der Waals surface area contributed by atoms with E-state index in [1.165, 1.54) is 6.07 Å². The van der Waals surface area contributed by atoms with Crippen LogP contribution in [-0.2, 0) is 10.0 Å². The number of sulfonamides is 1.